The van der Waals surface area contributed by atoms with Crippen molar-refractivity contribution in [3.05, 3.63) is 35.4 Å². The molecule has 0 heterocycles. The van der Waals surface area contributed by atoms with Gasteiger partial charge >= 0.3 is 0 Å². The molecule has 0 saturated heterocycles. The number of hydrogen-bond acceptors (Lipinski definition) is 1. The fraction of sp³-hybridized carbons (Fsp3) is 0.438. The molecule has 0 aliphatic carbocycles. The van der Waals surface area contributed by atoms with Crippen LogP contribution in [-0.4, -0.2) is 5.78 Å². The van der Waals surface area contributed by atoms with Crippen LogP contribution in [0.4, 0.5) is 0 Å². The molecule has 0 fully saturated rings. The Hall–Kier alpha value is -1.55. The highest BCUT2D eigenvalue weighted by Crippen LogP contribution is 2.08. The van der Waals surface area contributed by atoms with Gasteiger partial charge in [0.1, 0.15) is 5.78 Å². The van der Waals surface area contributed by atoms with E-state index in [9.17, 15) is 4.79 Å². The molecule has 0 amide bonds. The fourth-order valence-electron chi connectivity index (χ4n) is 1.34. The van der Waals surface area contributed by atoms with Crippen molar-refractivity contribution in [1.29, 1.82) is 0 Å². The summed E-state index contributed by atoms with van der Waals surface area (Å²) in [5, 5.41) is 0. The number of carbonyl (C=O) groups excluding carboxylic acids is 1. The van der Waals surface area contributed by atoms with Gasteiger partial charge in [0.25, 0.3) is 0 Å². The number of carbonyl (C=O) groups is 1. The maximum Gasteiger partial charge on any atom is 0.139 e. The number of rotatable bonds is 3. The number of hydrogen-bond donors (Lipinski definition) is 0. The smallest absolute Gasteiger partial charge is 0.139 e. The summed E-state index contributed by atoms with van der Waals surface area (Å²) >= 11 is 0. The lowest BCUT2D eigenvalue weighted by molar-refractivity contribution is -0.121. The third-order valence-corrected chi connectivity index (χ3v) is 2.48. The van der Waals surface area contributed by atoms with Gasteiger partial charge < -0.3 is 0 Å². The SMILES string of the molecule is CC(C)C#Cc1ccc(CC(=O)C(C)C)cc1. The highest BCUT2D eigenvalue weighted by Gasteiger charge is 2.07. The average Bonchev–Trinajstić information content (AvgIpc) is 2.28. The van der Waals surface area contributed by atoms with Crippen LogP contribution in [0.2, 0.25) is 0 Å². The minimum atomic E-state index is 0.107. The summed E-state index contributed by atoms with van der Waals surface area (Å²) in [6.07, 6.45) is 0.523. The minimum absolute atomic E-state index is 0.107. The molecule has 0 N–H and O–H groups in total. The number of benzene rings is 1. The first-order valence-electron chi connectivity index (χ1n) is 6.12. The molecule has 0 spiro atoms. The molecule has 90 valence electrons. The second kappa shape index (κ2) is 6.25. The number of ketones is 1. The van der Waals surface area contributed by atoms with Crippen molar-refractivity contribution in [3.63, 3.8) is 0 Å². The predicted molar refractivity (Wildman–Crippen MR) is 71.7 cm³/mol. The normalized spacial score (nSPS) is 10.2. The summed E-state index contributed by atoms with van der Waals surface area (Å²) in [5.41, 5.74) is 2.08. The molecule has 0 aliphatic heterocycles. The van der Waals surface area contributed by atoms with Crippen molar-refractivity contribution < 1.29 is 4.79 Å². The molecular weight excluding hydrogens is 208 g/mol. The van der Waals surface area contributed by atoms with E-state index in [1.807, 2.05) is 38.1 Å². The maximum absolute atomic E-state index is 11.6. The lowest BCUT2D eigenvalue weighted by Gasteiger charge is -2.04. The van der Waals surface area contributed by atoms with Gasteiger partial charge in [0.15, 0.2) is 0 Å². The van der Waals surface area contributed by atoms with Crippen molar-refractivity contribution in [1.82, 2.24) is 0 Å². The van der Waals surface area contributed by atoms with E-state index in [1.165, 1.54) is 0 Å². The van der Waals surface area contributed by atoms with Crippen LogP contribution in [0, 0.1) is 23.7 Å². The summed E-state index contributed by atoms with van der Waals surface area (Å²) in [4.78, 5) is 11.6. The average molecular weight is 228 g/mol. The van der Waals surface area contributed by atoms with Gasteiger partial charge in [-0.1, -0.05) is 51.7 Å². The third-order valence-electron chi connectivity index (χ3n) is 2.48. The first-order valence-corrected chi connectivity index (χ1v) is 6.12. The van der Waals surface area contributed by atoms with Gasteiger partial charge in [-0.05, 0) is 17.7 Å². The zero-order valence-corrected chi connectivity index (χ0v) is 11.1. The van der Waals surface area contributed by atoms with Gasteiger partial charge in [-0.15, -0.1) is 0 Å². The van der Waals surface area contributed by atoms with Crippen LogP contribution in [0.1, 0.15) is 38.8 Å². The van der Waals surface area contributed by atoms with Gasteiger partial charge in [-0.25, -0.2) is 0 Å². The van der Waals surface area contributed by atoms with Crippen molar-refractivity contribution in [3.8, 4) is 11.8 Å². The van der Waals surface area contributed by atoms with E-state index in [0.717, 1.165) is 11.1 Å². The summed E-state index contributed by atoms with van der Waals surface area (Å²) in [7, 11) is 0. The molecule has 1 rings (SSSR count). The van der Waals surface area contributed by atoms with E-state index in [-0.39, 0.29) is 11.7 Å². The van der Waals surface area contributed by atoms with E-state index in [2.05, 4.69) is 25.7 Å². The molecule has 0 aliphatic rings. The molecule has 0 aromatic heterocycles. The van der Waals surface area contributed by atoms with E-state index in [4.69, 9.17) is 0 Å². The topological polar surface area (TPSA) is 17.1 Å². The van der Waals surface area contributed by atoms with Crippen LogP contribution >= 0.6 is 0 Å². The molecule has 1 aromatic rings. The van der Waals surface area contributed by atoms with E-state index >= 15 is 0 Å². The molecule has 0 bridgehead atoms. The Morgan fingerprint density at radius 1 is 1.12 bits per heavy atom. The lowest BCUT2D eigenvalue weighted by atomic mass is 10.0. The molecule has 1 aromatic carbocycles. The van der Waals surface area contributed by atoms with Crippen LogP contribution in [-0.2, 0) is 11.2 Å². The molecule has 0 unspecified atom stereocenters. The van der Waals surface area contributed by atoms with Crippen LogP contribution in [0.3, 0.4) is 0 Å². The fourth-order valence-corrected chi connectivity index (χ4v) is 1.34. The van der Waals surface area contributed by atoms with Crippen LogP contribution in [0.25, 0.3) is 0 Å². The van der Waals surface area contributed by atoms with Crippen molar-refractivity contribution in [2.75, 3.05) is 0 Å². The Balaban J connectivity index is 2.69. The Kier molecular flexibility index (Phi) is 4.97. The maximum atomic E-state index is 11.6. The summed E-state index contributed by atoms with van der Waals surface area (Å²) in [6, 6.07) is 7.95. The van der Waals surface area contributed by atoms with E-state index < -0.39 is 0 Å². The highest BCUT2D eigenvalue weighted by molar-refractivity contribution is 5.82. The standard InChI is InChI=1S/C16H20O/c1-12(2)5-6-14-7-9-15(10-8-14)11-16(17)13(3)4/h7-10,12-13H,11H2,1-4H3. The van der Waals surface area contributed by atoms with Crippen LogP contribution < -0.4 is 0 Å². The van der Waals surface area contributed by atoms with E-state index in [0.29, 0.717) is 12.3 Å². The van der Waals surface area contributed by atoms with Gasteiger partial charge in [0.05, 0.1) is 0 Å². The molecule has 17 heavy (non-hydrogen) atoms. The molecule has 0 radical (unpaired) electrons. The largest absolute Gasteiger partial charge is 0.299 e. The molecule has 0 saturated carbocycles. The van der Waals surface area contributed by atoms with Gasteiger partial charge in [0.2, 0.25) is 0 Å². The van der Waals surface area contributed by atoms with Crippen molar-refractivity contribution in [2.45, 2.75) is 34.1 Å². The van der Waals surface area contributed by atoms with Gasteiger partial charge in [-0.2, -0.15) is 0 Å². The van der Waals surface area contributed by atoms with Gasteiger partial charge in [-0.3, -0.25) is 4.79 Å². The second-order valence-corrected chi connectivity index (χ2v) is 4.92. The van der Waals surface area contributed by atoms with Crippen molar-refractivity contribution in [2.24, 2.45) is 11.8 Å². The first-order chi connectivity index (χ1) is 7.99. The highest BCUT2D eigenvalue weighted by atomic mass is 16.1. The summed E-state index contributed by atoms with van der Waals surface area (Å²) < 4.78 is 0. The molecular formula is C16H20O. The zero-order valence-electron chi connectivity index (χ0n) is 11.1. The summed E-state index contributed by atoms with van der Waals surface area (Å²) in [5.74, 6) is 7.01. The predicted octanol–water partition coefficient (Wildman–Crippen LogP) is 3.46. The molecule has 1 heteroatoms. The number of Topliss-reactive ketones (excluding diaryl/α,β-unsaturated/α-hetero) is 1. The van der Waals surface area contributed by atoms with E-state index in [1.54, 1.807) is 0 Å². The monoisotopic (exact) mass is 228 g/mol. The van der Waals surface area contributed by atoms with Crippen molar-refractivity contribution >= 4 is 5.78 Å². The summed E-state index contributed by atoms with van der Waals surface area (Å²) in [6.45, 7) is 8.01. The molecule has 1 nitrogen and oxygen atoms in total. The third kappa shape index (κ3) is 4.87. The Morgan fingerprint density at radius 3 is 2.18 bits per heavy atom. The first kappa shape index (κ1) is 13.5. The zero-order chi connectivity index (χ0) is 12.8. The van der Waals surface area contributed by atoms with Crippen LogP contribution in [0.5, 0.6) is 0 Å². The second-order valence-electron chi connectivity index (χ2n) is 4.92. The van der Waals surface area contributed by atoms with Gasteiger partial charge in [0, 0.05) is 23.8 Å². The minimum Gasteiger partial charge on any atom is -0.299 e. The Morgan fingerprint density at radius 2 is 1.71 bits per heavy atom. The Labute approximate surface area is 104 Å². The van der Waals surface area contributed by atoms with Crippen LogP contribution in [0.15, 0.2) is 24.3 Å². The Bertz CT molecular complexity index is 427. The quantitative estimate of drug-likeness (QED) is 0.724. The lowest BCUT2D eigenvalue weighted by Crippen LogP contribution is -2.09. The molecule has 0 atom stereocenters.